The van der Waals surface area contributed by atoms with E-state index < -0.39 is 0 Å². The van der Waals surface area contributed by atoms with E-state index in [0.717, 1.165) is 182 Å². The van der Waals surface area contributed by atoms with Gasteiger partial charge in [-0.05, 0) is 96.9 Å². The van der Waals surface area contributed by atoms with Crippen molar-refractivity contribution in [1.82, 2.24) is 56.3 Å². The SMILES string of the molecule is CC(C)(C)c1ccnc2c1c1cccc3c4ccc(Oc5[c-]c6c(cc5)c5ccccc5n5cc(-c7ccccc7)nc65)[c-]c4n2c31.[Pt+2].[Pt+2].[Pt+2].[c-]1c(Oc2[c-]c3c(cc2)c2cccc4c5c(-c6ccccc6)ccnc5n3c24)ccc2c1c1nc(-c3ccccc3)cn1c1ccccc21.[c-]1c(Oc2[c-]c3c(cc2)c2cccc4c5cccnc5n3c24)ccc2c1c1nc(-c3ccccc3)cn1c1ccccc21. The van der Waals surface area contributed by atoms with Crippen LogP contribution in [0, 0.1) is 36.4 Å². The number of ether oxygens (including phenoxy) is 3. The molecule has 0 aliphatic heterocycles. The van der Waals surface area contributed by atoms with Gasteiger partial charge in [-0.3, -0.25) is 15.0 Å². The van der Waals surface area contributed by atoms with Crippen molar-refractivity contribution in [2.24, 2.45) is 0 Å². The molecule has 676 valence electrons. The molecule has 15 nitrogen and oxygen atoms in total. The molecular formula is C124H72N12O3Pt3. The second kappa shape index (κ2) is 33.4. The maximum Gasteiger partial charge on any atom is 2.00 e. The summed E-state index contributed by atoms with van der Waals surface area (Å²) in [5.74, 6) is 3.69. The monoisotopic (exact) mass is 2360 g/mol. The van der Waals surface area contributed by atoms with Gasteiger partial charge in [0.05, 0.1) is 34.0 Å². The van der Waals surface area contributed by atoms with Gasteiger partial charge >= 0.3 is 63.2 Å². The zero-order valence-corrected chi connectivity index (χ0v) is 82.7. The van der Waals surface area contributed by atoms with Crippen LogP contribution in [0.2, 0.25) is 0 Å². The van der Waals surface area contributed by atoms with Crippen LogP contribution in [-0.2, 0) is 68.6 Å². The van der Waals surface area contributed by atoms with Crippen molar-refractivity contribution in [2.75, 3.05) is 0 Å². The summed E-state index contributed by atoms with van der Waals surface area (Å²) in [7, 11) is 0. The van der Waals surface area contributed by atoms with Gasteiger partial charge in [-0.15, -0.1) is 89.0 Å². The standard InChI is InChI=1S/C44H24N4O.C42H28N4O.C38H20N4O.3Pt/c1-3-10-27(11-4-1)31-22-23-45-44-41(31)36-16-9-15-35-34-21-19-30(25-40(34)48(44)42(35)36)49-29-18-20-32-33-14-7-8-17-39(33)47-26-38(28-12-5-2-6-13-28)46-43(47)37(32)24-29;1-42(2,3)34-20-21-43-41-38(34)32-14-9-13-31-30-19-17-27(23-37(30)46(41)39(31)32)47-26-16-18-28-29-12-7-8-15-36(29)45-24-35(25-10-5-4-6-11-25)44-40(45)33(28)22-26;1-2-8-23(9-3-1)33-22-41-34-14-5-4-10-27(34)26-17-15-24(20-32(26)38(41)40-33)43-25-16-18-28-29-11-6-12-30-31-13-7-19-39-37(31)42(36(29)30)35(28)21-25;;;/h1-23,26H;4-21,24H,1-3H3;1-19,22H;;;/q3*-2;3*+2. The molecule has 0 saturated carbocycles. The molecule has 0 N–H and O–H groups in total. The van der Waals surface area contributed by atoms with E-state index in [-0.39, 0.29) is 68.6 Å². The smallest absolute Gasteiger partial charge is 0.503 e. The fourth-order valence-corrected chi connectivity index (χ4v) is 21.7. The number of fused-ring (bicyclic) bond motifs is 36. The number of para-hydroxylation sites is 6. The normalized spacial score (nSPS) is 12.0. The number of pyridine rings is 6. The fraction of sp³-hybridized carbons (Fsp3) is 0.0323. The third-order valence-corrected chi connectivity index (χ3v) is 27.8. The van der Waals surface area contributed by atoms with Gasteiger partial charge in [-0.1, -0.05) is 318 Å². The second-order valence-corrected chi connectivity index (χ2v) is 36.7. The van der Waals surface area contributed by atoms with Crippen molar-refractivity contribution in [3.05, 3.63) is 425 Å². The minimum Gasteiger partial charge on any atom is -0.503 e. The molecule has 0 atom stereocenters. The average molecular weight is 2360 g/mol. The molecule has 31 aromatic rings. The molecule has 0 unspecified atom stereocenters. The van der Waals surface area contributed by atoms with Crippen molar-refractivity contribution in [3.63, 3.8) is 0 Å². The van der Waals surface area contributed by atoms with E-state index in [1.54, 1.807) is 0 Å². The molecule has 0 saturated heterocycles. The van der Waals surface area contributed by atoms with E-state index in [4.69, 9.17) is 44.1 Å². The van der Waals surface area contributed by atoms with Crippen LogP contribution >= 0.6 is 0 Å². The molecule has 31 rings (SSSR count). The van der Waals surface area contributed by atoms with Gasteiger partial charge in [-0.2, -0.15) is 18.2 Å². The zero-order valence-electron chi connectivity index (χ0n) is 75.9. The number of nitrogens with zero attached hydrogens (tertiary/aromatic N) is 12. The first-order valence-corrected chi connectivity index (χ1v) is 46.5. The Morgan fingerprint density at radius 2 is 0.535 bits per heavy atom. The van der Waals surface area contributed by atoms with Crippen LogP contribution in [0.5, 0.6) is 34.5 Å². The van der Waals surface area contributed by atoms with Crippen LogP contribution in [0.3, 0.4) is 0 Å². The molecule has 15 aromatic heterocycles. The van der Waals surface area contributed by atoms with Crippen molar-refractivity contribution < 1.29 is 77.4 Å². The maximum atomic E-state index is 6.56. The van der Waals surface area contributed by atoms with Crippen LogP contribution < -0.4 is 14.2 Å². The van der Waals surface area contributed by atoms with Gasteiger partial charge in [0.2, 0.25) is 0 Å². The van der Waals surface area contributed by atoms with Gasteiger partial charge in [0, 0.05) is 154 Å². The molecule has 0 aliphatic rings. The largest absolute Gasteiger partial charge is 2.00 e. The first-order valence-electron chi connectivity index (χ1n) is 46.5. The van der Waals surface area contributed by atoms with E-state index >= 15 is 0 Å². The summed E-state index contributed by atoms with van der Waals surface area (Å²) in [4.78, 5) is 29.9. The summed E-state index contributed by atoms with van der Waals surface area (Å²) in [6.45, 7) is 6.78. The number of imidazole rings is 3. The van der Waals surface area contributed by atoms with E-state index in [9.17, 15) is 0 Å². The Labute approximate surface area is 853 Å². The van der Waals surface area contributed by atoms with Gasteiger partial charge in [0.1, 0.15) is 16.9 Å². The number of hydrogen-bond donors (Lipinski definition) is 0. The third kappa shape index (κ3) is 13.3. The zero-order chi connectivity index (χ0) is 91.6. The van der Waals surface area contributed by atoms with E-state index in [2.05, 4.69) is 345 Å². The van der Waals surface area contributed by atoms with Crippen molar-refractivity contribution in [1.29, 1.82) is 0 Å². The molecule has 0 aliphatic carbocycles. The summed E-state index contributed by atoms with van der Waals surface area (Å²) < 4.78 is 32.8. The maximum absolute atomic E-state index is 6.56. The van der Waals surface area contributed by atoms with Crippen LogP contribution in [0.4, 0.5) is 0 Å². The molecule has 142 heavy (non-hydrogen) atoms. The van der Waals surface area contributed by atoms with Crippen molar-refractivity contribution in [3.8, 4) is 79.4 Å². The Kier molecular flexibility index (Phi) is 20.2. The third-order valence-electron chi connectivity index (χ3n) is 27.8. The number of aromatic nitrogens is 12. The van der Waals surface area contributed by atoms with Gasteiger partial charge in [0.25, 0.3) is 0 Å². The molecule has 0 fully saturated rings. The Hall–Kier alpha value is -16.5. The van der Waals surface area contributed by atoms with E-state index in [0.29, 0.717) is 34.5 Å². The molecule has 0 spiro atoms. The number of rotatable bonds is 10. The summed E-state index contributed by atoms with van der Waals surface area (Å²) in [5, 5.41) is 23.4. The Morgan fingerprint density at radius 3 is 0.937 bits per heavy atom. The molecule has 0 radical (unpaired) electrons. The Morgan fingerprint density at radius 1 is 0.232 bits per heavy atom. The molecule has 0 bridgehead atoms. The Bertz CT molecular complexity index is 10500. The molecule has 18 heteroatoms. The fourth-order valence-electron chi connectivity index (χ4n) is 21.7. The summed E-state index contributed by atoms with van der Waals surface area (Å²) >= 11 is 0. The first-order chi connectivity index (χ1) is 68.5. The quantitative estimate of drug-likeness (QED) is 0.0970. The van der Waals surface area contributed by atoms with Gasteiger partial charge in [-0.25, -0.2) is 15.0 Å². The van der Waals surface area contributed by atoms with E-state index in [1.165, 1.54) is 65.4 Å². The Balaban J connectivity index is 0.000000108. The predicted octanol–water partition coefficient (Wildman–Crippen LogP) is 30.7. The van der Waals surface area contributed by atoms with E-state index in [1.807, 2.05) is 122 Å². The van der Waals surface area contributed by atoms with Crippen LogP contribution in [0.15, 0.2) is 383 Å². The van der Waals surface area contributed by atoms with Crippen LogP contribution in [0.25, 0.3) is 242 Å². The second-order valence-electron chi connectivity index (χ2n) is 36.7. The van der Waals surface area contributed by atoms with Crippen LogP contribution in [-0.4, -0.2) is 56.3 Å². The van der Waals surface area contributed by atoms with Gasteiger partial charge in [0.15, 0.2) is 0 Å². The summed E-state index contributed by atoms with van der Waals surface area (Å²) in [6, 6.07) is 141. The minimum atomic E-state index is -0.0214. The summed E-state index contributed by atoms with van der Waals surface area (Å²) in [6.07, 6.45) is 12.0. The molecular weight excluding hydrogens is 2290 g/mol. The topological polar surface area (TPSA) is 131 Å². The predicted molar refractivity (Wildman–Crippen MR) is 561 cm³/mol. The number of benzene rings is 16. The van der Waals surface area contributed by atoms with Crippen LogP contribution in [0.1, 0.15) is 26.3 Å². The molecule has 0 amide bonds. The minimum absolute atomic E-state index is 0. The molecule has 15 heterocycles. The number of hydrogen-bond acceptors (Lipinski definition) is 9. The van der Waals surface area contributed by atoms with Crippen molar-refractivity contribution in [2.45, 2.75) is 26.2 Å². The average Bonchev–Trinajstić information content (AvgIpc) is 1.53. The van der Waals surface area contributed by atoms with Crippen molar-refractivity contribution >= 4 is 197 Å². The first kappa shape index (κ1) is 85.9. The summed E-state index contributed by atoms with van der Waals surface area (Å²) in [5.41, 5.74) is 24.5. The molecule has 16 aromatic carbocycles. The van der Waals surface area contributed by atoms with Gasteiger partial charge < -0.3 is 40.6 Å².